The fourth-order valence-electron chi connectivity index (χ4n) is 1.73. The van der Waals surface area contributed by atoms with Crippen molar-refractivity contribution in [2.75, 3.05) is 0 Å². The normalized spacial score (nSPS) is 14.9. The van der Waals surface area contributed by atoms with Crippen LogP contribution in [0.3, 0.4) is 0 Å². The van der Waals surface area contributed by atoms with Crippen LogP contribution in [-0.4, -0.2) is 5.11 Å². The van der Waals surface area contributed by atoms with E-state index in [4.69, 9.17) is 0 Å². The summed E-state index contributed by atoms with van der Waals surface area (Å²) in [4.78, 5) is 0. The summed E-state index contributed by atoms with van der Waals surface area (Å²) in [7, 11) is 0. The molecule has 2 unspecified atom stereocenters. The van der Waals surface area contributed by atoms with E-state index in [0.717, 1.165) is 12.8 Å². The Labute approximate surface area is 103 Å². The Kier molecular flexibility index (Phi) is 4.87. The van der Waals surface area contributed by atoms with Crippen LogP contribution >= 0.6 is 15.9 Å². The quantitative estimate of drug-likeness (QED) is 0.882. The Morgan fingerprint density at radius 2 is 1.81 bits per heavy atom. The molecule has 0 bridgehead atoms. The summed E-state index contributed by atoms with van der Waals surface area (Å²) in [5.74, 6) is -1.57. The first-order valence-electron chi connectivity index (χ1n) is 5.29. The number of halogens is 3. The van der Waals surface area contributed by atoms with Gasteiger partial charge >= 0.3 is 0 Å². The summed E-state index contributed by atoms with van der Waals surface area (Å²) in [5.41, 5.74) is -0.232. The van der Waals surface area contributed by atoms with E-state index < -0.39 is 17.7 Å². The van der Waals surface area contributed by atoms with E-state index in [2.05, 4.69) is 15.9 Å². The van der Waals surface area contributed by atoms with Gasteiger partial charge in [0.1, 0.15) is 11.6 Å². The van der Waals surface area contributed by atoms with Crippen molar-refractivity contribution in [1.82, 2.24) is 0 Å². The summed E-state index contributed by atoms with van der Waals surface area (Å²) in [6.07, 6.45) is 0.515. The first-order valence-corrected chi connectivity index (χ1v) is 6.09. The second-order valence-electron chi connectivity index (χ2n) is 3.99. The van der Waals surface area contributed by atoms with Crippen LogP contribution < -0.4 is 0 Å². The monoisotopic (exact) mass is 292 g/mol. The van der Waals surface area contributed by atoms with Crippen molar-refractivity contribution >= 4 is 15.9 Å². The van der Waals surface area contributed by atoms with Crippen LogP contribution in [-0.2, 0) is 0 Å². The maximum absolute atomic E-state index is 13.5. The number of hydrogen-bond donors (Lipinski definition) is 1. The highest BCUT2D eigenvalue weighted by Crippen LogP contribution is 2.31. The lowest BCUT2D eigenvalue weighted by atomic mass is 9.93. The smallest absolute Gasteiger partial charge is 0.133 e. The van der Waals surface area contributed by atoms with Gasteiger partial charge < -0.3 is 5.11 Å². The second kappa shape index (κ2) is 5.73. The topological polar surface area (TPSA) is 20.2 Å². The molecule has 0 saturated carbocycles. The minimum atomic E-state index is -1.09. The molecule has 0 aliphatic rings. The molecule has 2 atom stereocenters. The lowest BCUT2D eigenvalue weighted by Gasteiger charge is -2.19. The van der Waals surface area contributed by atoms with E-state index in [9.17, 15) is 13.9 Å². The highest BCUT2D eigenvalue weighted by Gasteiger charge is 2.23. The molecule has 1 rings (SSSR count). The Hall–Kier alpha value is -0.480. The highest BCUT2D eigenvalue weighted by molar-refractivity contribution is 9.10. The van der Waals surface area contributed by atoms with Gasteiger partial charge in [-0.2, -0.15) is 0 Å². The number of hydrogen-bond acceptors (Lipinski definition) is 1. The van der Waals surface area contributed by atoms with Crippen molar-refractivity contribution < 1.29 is 13.9 Å². The Bertz CT molecular complexity index is 345. The average Bonchev–Trinajstić information content (AvgIpc) is 2.16. The molecule has 1 nitrogen and oxygen atoms in total. The first kappa shape index (κ1) is 13.6. The molecule has 1 N–H and O–H groups in total. The zero-order chi connectivity index (χ0) is 12.3. The lowest BCUT2D eigenvalue weighted by molar-refractivity contribution is 0.104. The number of aliphatic hydroxyl groups excluding tert-OH is 1. The molecule has 0 amide bonds. The van der Waals surface area contributed by atoms with E-state index in [-0.39, 0.29) is 11.5 Å². The van der Waals surface area contributed by atoms with Crippen molar-refractivity contribution in [2.45, 2.75) is 32.8 Å². The third-order valence-corrected chi connectivity index (χ3v) is 3.08. The van der Waals surface area contributed by atoms with Crippen LogP contribution in [0.5, 0.6) is 0 Å². The largest absolute Gasteiger partial charge is 0.388 e. The second-order valence-corrected chi connectivity index (χ2v) is 4.91. The SMILES string of the molecule is CCCC(C)C(O)c1c(F)cc(Br)cc1F. The number of aliphatic hydroxyl groups is 1. The molecule has 0 aliphatic heterocycles. The summed E-state index contributed by atoms with van der Waals surface area (Å²) < 4.78 is 27.4. The summed E-state index contributed by atoms with van der Waals surface area (Å²) in [5, 5.41) is 9.88. The van der Waals surface area contributed by atoms with E-state index in [1.54, 1.807) is 6.92 Å². The number of rotatable bonds is 4. The van der Waals surface area contributed by atoms with Gasteiger partial charge in [-0.15, -0.1) is 0 Å². The summed E-state index contributed by atoms with van der Waals surface area (Å²) >= 11 is 3.00. The molecule has 0 heterocycles. The molecule has 0 saturated heterocycles. The van der Waals surface area contributed by atoms with Crippen molar-refractivity contribution in [3.8, 4) is 0 Å². The van der Waals surface area contributed by atoms with Crippen molar-refractivity contribution in [3.63, 3.8) is 0 Å². The molecule has 0 aliphatic carbocycles. The van der Waals surface area contributed by atoms with Gasteiger partial charge in [0.05, 0.1) is 11.7 Å². The molecule has 4 heteroatoms. The lowest BCUT2D eigenvalue weighted by Crippen LogP contribution is -2.13. The first-order chi connectivity index (χ1) is 7.47. The molecule has 0 aromatic heterocycles. The molecular formula is C12H15BrF2O. The molecule has 1 aromatic rings. The standard InChI is InChI=1S/C12H15BrF2O/c1-3-4-7(2)12(16)11-9(14)5-8(13)6-10(11)15/h5-7,12,16H,3-4H2,1-2H3. The zero-order valence-electron chi connectivity index (χ0n) is 9.30. The van der Waals surface area contributed by atoms with Crippen LogP contribution in [0.1, 0.15) is 38.4 Å². The maximum atomic E-state index is 13.5. The van der Waals surface area contributed by atoms with Gasteiger partial charge in [0.15, 0.2) is 0 Å². The van der Waals surface area contributed by atoms with Gasteiger partial charge in [-0.1, -0.05) is 36.2 Å². The van der Waals surface area contributed by atoms with Crippen molar-refractivity contribution in [3.05, 3.63) is 33.8 Å². The van der Waals surface area contributed by atoms with Crippen LogP contribution in [0.4, 0.5) is 8.78 Å². The van der Waals surface area contributed by atoms with Gasteiger partial charge in [-0.25, -0.2) is 8.78 Å². The Balaban J connectivity index is 3.03. The molecule has 0 radical (unpaired) electrons. The third kappa shape index (κ3) is 3.01. The van der Waals surface area contributed by atoms with E-state index in [1.165, 1.54) is 12.1 Å². The fourth-order valence-corrected chi connectivity index (χ4v) is 2.14. The minimum Gasteiger partial charge on any atom is -0.388 e. The molecule has 0 fully saturated rings. The Morgan fingerprint density at radius 3 is 2.25 bits per heavy atom. The molecule has 1 aromatic carbocycles. The average molecular weight is 293 g/mol. The summed E-state index contributed by atoms with van der Waals surface area (Å²) in [6, 6.07) is 2.33. The molecule has 90 valence electrons. The van der Waals surface area contributed by atoms with Crippen LogP contribution in [0, 0.1) is 17.6 Å². The predicted molar refractivity (Wildman–Crippen MR) is 63.1 cm³/mol. The highest BCUT2D eigenvalue weighted by atomic mass is 79.9. The van der Waals surface area contributed by atoms with Gasteiger partial charge in [0.2, 0.25) is 0 Å². The Morgan fingerprint density at radius 1 is 1.31 bits per heavy atom. The van der Waals surface area contributed by atoms with Gasteiger partial charge in [-0.3, -0.25) is 0 Å². The van der Waals surface area contributed by atoms with Gasteiger partial charge in [0, 0.05) is 4.47 Å². The fraction of sp³-hybridized carbons (Fsp3) is 0.500. The molecule has 16 heavy (non-hydrogen) atoms. The van der Waals surface area contributed by atoms with E-state index >= 15 is 0 Å². The zero-order valence-corrected chi connectivity index (χ0v) is 10.9. The maximum Gasteiger partial charge on any atom is 0.133 e. The van der Waals surface area contributed by atoms with Crippen LogP contribution in [0.2, 0.25) is 0 Å². The minimum absolute atomic E-state index is 0.157. The predicted octanol–water partition coefficient (Wildman–Crippen LogP) is 4.20. The van der Waals surface area contributed by atoms with Gasteiger partial charge in [-0.05, 0) is 24.5 Å². The third-order valence-electron chi connectivity index (χ3n) is 2.62. The van der Waals surface area contributed by atoms with Gasteiger partial charge in [0.25, 0.3) is 0 Å². The van der Waals surface area contributed by atoms with E-state index in [0.29, 0.717) is 4.47 Å². The van der Waals surface area contributed by atoms with Crippen molar-refractivity contribution in [1.29, 1.82) is 0 Å². The van der Waals surface area contributed by atoms with Crippen LogP contribution in [0.15, 0.2) is 16.6 Å². The number of benzene rings is 1. The van der Waals surface area contributed by atoms with Crippen LogP contribution in [0.25, 0.3) is 0 Å². The van der Waals surface area contributed by atoms with E-state index in [1.807, 2.05) is 6.92 Å². The van der Waals surface area contributed by atoms with Crippen molar-refractivity contribution in [2.24, 2.45) is 5.92 Å². The molecule has 0 spiro atoms. The summed E-state index contributed by atoms with van der Waals surface area (Å²) in [6.45, 7) is 3.76. The molecular weight excluding hydrogens is 278 g/mol.